The molecule has 0 radical (unpaired) electrons. The maximum absolute atomic E-state index is 4.16. The van der Waals surface area contributed by atoms with Crippen molar-refractivity contribution in [2.45, 2.75) is 103 Å². The fourth-order valence-electron chi connectivity index (χ4n) is 5.39. The van der Waals surface area contributed by atoms with Crippen molar-refractivity contribution in [3.63, 3.8) is 0 Å². The Kier molecular flexibility index (Phi) is 4.75. The van der Waals surface area contributed by atoms with Crippen LogP contribution in [0.4, 0.5) is 0 Å². The molecule has 0 saturated heterocycles. The first-order valence-electron chi connectivity index (χ1n) is 9.43. The molecule has 20 heavy (non-hydrogen) atoms. The van der Waals surface area contributed by atoms with Crippen LogP contribution in [0.1, 0.15) is 90.9 Å². The maximum atomic E-state index is 4.16. The molecule has 0 aliphatic heterocycles. The van der Waals surface area contributed by atoms with Crippen LogP contribution in [-0.4, -0.2) is 12.1 Å². The van der Waals surface area contributed by atoms with Gasteiger partial charge in [-0.2, -0.15) is 0 Å². The van der Waals surface area contributed by atoms with Gasteiger partial charge in [0.05, 0.1) is 0 Å². The highest BCUT2D eigenvalue weighted by molar-refractivity contribution is 4.95. The van der Waals surface area contributed by atoms with Crippen molar-refractivity contribution in [1.29, 1.82) is 0 Å². The third-order valence-corrected chi connectivity index (χ3v) is 6.75. The van der Waals surface area contributed by atoms with Crippen molar-refractivity contribution in [3.05, 3.63) is 0 Å². The summed E-state index contributed by atoms with van der Waals surface area (Å²) < 4.78 is 0. The lowest BCUT2D eigenvalue weighted by molar-refractivity contribution is 0.125. The highest BCUT2D eigenvalue weighted by atomic mass is 15.0. The van der Waals surface area contributed by atoms with Gasteiger partial charge in [-0.1, -0.05) is 65.2 Å². The number of hydrogen-bond donors (Lipinski definition) is 1. The zero-order chi connectivity index (χ0) is 14.0. The van der Waals surface area contributed by atoms with E-state index in [0.717, 1.165) is 23.9 Å². The summed E-state index contributed by atoms with van der Waals surface area (Å²) in [6.45, 7) is 4.96. The first-order chi connectivity index (χ1) is 9.67. The van der Waals surface area contributed by atoms with E-state index in [0.29, 0.717) is 5.41 Å². The Morgan fingerprint density at radius 3 is 2.15 bits per heavy atom. The topological polar surface area (TPSA) is 12.0 Å². The third-order valence-electron chi connectivity index (χ3n) is 6.75. The second-order valence-electron chi connectivity index (χ2n) is 8.55. The average molecular weight is 277 g/mol. The van der Waals surface area contributed by atoms with Crippen molar-refractivity contribution < 1.29 is 0 Å². The molecule has 3 fully saturated rings. The Bertz CT molecular complexity index is 303. The predicted octanol–water partition coefficient (Wildman–Crippen LogP) is 5.29. The van der Waals surface area contributed by atoms with E-state index in [9.17, 15) is 0 Å². The molecule has 3 atom stereocenters. The quantitative estimate of drug-likeness (QED) is 0.738. The molecule has 0 bridgehead atoms. The Morgan fingerprint density at radius 2 is 1.45 bits per heavy atom. The number of hydrogen-bond acceptors (Lipinski definition) is 1. The van der Waals surface area contributed by atoms with Crippen LogP contribution >= 0.6 is 0 Å². The van der Waals surface area contributed by atoms with Gasteiger partial charge in [-0.25, -0.2) is 0 Å². The van der Waals surface area contributed by atoms with E-state index in [1.807, 2.05) is 0 Å². The van der Waals surface area contributed by atoms with Crippen LogP contribution in [0.15, 0.2) is 0 Å². The molecule has 0 aromatic carbocycles. The molecule has 3 aliphatic carbocycles. The molecule has 0 aromatic heterocycles. The largest absolute Gasteiger partial charge is 0.310 e. The Labute approximate surface area is 126 Å². The van der Waals surface area contributed by atoms with Crippen molar-refractivity contribution in [2.24, 2.45) is 17.3 Å². The van der Waals surface area contributed by atoms with E-state index in [2.05, 4.69) is 19.2 Å². The smallest absolute Gasteiger partial charge is 0.0121 e. The van der Waals surface area contributed by atoms with E-state index in [4.69, 9.17) is 0 Å². The molecule has 0 heterocycles. The summed E-state index contributed by atoms with van der Waals surface area (Å²) in [5.74, 6) is 2.05. The van der Waals surface area contributed by atoms with E-state index in [1.165, 1.54) is 77.0 Å². The number of nitrogens with one attached hydrogen (secondary N) is 1. The first-order valence-corrected chi connectivity index (χ1v) is 9.43. The molecule has 0 amide bonds. The second kappa shape index (κ2) is 6.38. The molecule has 0 spiro atoms. The van der Waals surface area contributed by atoms with Gasteiger partial charge in [0.1, 0.15) is 0 Å². The van der Waals surface area contributed by atoms with Gasteiger partial charge >= 0.3 is 0 Å². The van der Waals surface area contributed by atoms with Crippen LogP contribution in [-0.2, 0) is 0 Å². The Hall–Kier alpha value is -0.0400. The predicted molar refractivity (Wildman–Crippen MR) is 86.9 cm³/mol. The minimum absolute atomic E-state index is 0.536. The summed E-state index contributed by atoms with van der Waals surface area (Å²) in [5, 5.41) is 4.16. The summed E-state index contributed by atoms with van der Waals surface area (Å²) in [5.41, 5.74) is 0.536. The highest BCUT2D eigenvalue weighted by Crippen LogP contribution is 2.42. The summed E-state index contributed by atoms with van der Waals surface area (Å²) >= 11 is 0. The van der Waals surface area contributed by atoms with E-state index >= 15 is 0 Å². The summed E-state index contributed by atoms with van der Waals surface area (Å²) in [4.78, 5) is 0. The molecular weight excluding hydrogens is 242 g/mol. The van der Waals surface area contributed by atoms with Crippen molar-refractivity contribution in [3.8, 4) is 0 Å². The Morgan fingerprint density at radius 1 is 0.750 bits per heavy atom. The highest BCUT2D eigenvalue weighted by Gasteiger charge is 2.39. The lowest BCUT2D eigenvalue weighted by atomic mass is 9.70. The molecule has 0 aromatic rings. The Balaban J connectivity index is 1.63. The van der Waals surface area contributed by atoms with Gasteiger partial charge in [0, 0.05) is 12.1 Å². The van der Waals surface area contributed by atoms with Crippen LogP contribution in [0.25, 0.3) is 0 Å². The van der Waals surface area contributed by atoms with Gasteiger partial charge in [-0.05, 0) is 42.9 Å². The standard InChI is InChI=1S/C19H35N/c1-19(2)14-8-13-18(19)20-17-12-7-6-11-16(17)15-9-4-3-5-10-15/h15-18,20H,3-14H2,1-2H3. The summed E-state index contributed by atoms with van der Waals surface area (Å²) in [6.07, 6.45) is 17.7. The zero-order valence-corrected chi connectivity index (χ0v) is 13.8. The third kappa shape index (κ3) is 3.24. The van der Waals surface area contributed by atoms with Gasteiger partial charge in [0.2, 0.25) is 0 Å². The van der Waals surface area contributed by atoms with Gasteiger partial charge in [0.15, 0.2) is 0 Å². The molecule has 3 aliphatic rings. The van der Waals surface area contributed by atoms with Gasteiger partial charge in [0.25, 0.3) is 0 Å². The molecular formula is C19H35N. The van der Waals surface area contributed by atoms with Crippen LogP contribution in [0.5, 0.6) is 0 Å². The van der Waals surface area contributed by atoms with Crippen LogP contribution in [0, 0.1) is 17.3 Å². The molecule has 3 unspecified atom stereocenters. The van der Waals surface area contributed by atoms with Crippen LogP contribution < -0.4 is 5.32 Å². The average Bonchev–Trinajstić information content (AvgIpc) is 2.80. The lowest BCUT2D eigenvalue weighted by Crippen LogP contribution is -2.50. The second-order valence-corrected chi connectivity index (χ2v) is 8.55. The van der Waals surface area contributed by atoms with E-state index in [-0.39, 0.29) is 0 Å². The molecule has 1 heteroatoms. The minimum atomic E-state index is 0.536. The molecule has 1 nitrogen and oxygen atoms in total. The molecule has 1 N–H and O–H groups in total. The fraction of sp³-hybridized carbons (Fsp3) is 1.00. The van der Waals surface area contributed by atoms with E-state index in [1.54, 1.807) is 0 Å². The summed E-state index contributed by atoms with van der Waals surface area (Å²) in [6, 6.07) is 1.63. The molecule has 116 valence electrons. The zero-order valence-electron chi connectivity index (χ0n) is 13.8. The number of rotatable bonds is 3. The monoisotopic (exact) mass is 277 g/mol. The SMILES string of the molecule is CC1(C)CCCC1NC1CCCCC1C1CCCCC1. The maximum Gasteiger partial charge on any atom is 0.0121 e. The van der Waals surface area contributed by atoms with Crippen molar-refractivity contribution in [1.82, 2.24) is 5.32 Å². The van der Waals surface area contributed by atoms with Gasteiger partial charge in [-0.3, -0.25) is 0 Å². The van der Waals surface area contributed by atoms with Crippen molar-refractivity contribution >= 4 is 0 Å². The first kappa shape index (κ1) is 14.9. The van der Waals surface area contributed by atoms with Crippen molar-refractivity contribution in [2.75, 3.05) is 0 Å². The van der Waals surface area contributed by atoms with Crippen LogP contribution in [0.2, 0.25) is 0 Å². The van der Waals surface area contributed by atoms with Gasteiger partial charge in [-0.15, -0.1) is 0 Å². The van der Waals surface area contributed by atoms with Gasteiger partial charge < -0.3 is 5.32 Å². The fourth-order valence-corrected chi connectivity index (χ4v) is 5.39. The molecule has 3 rings (SSSR count). The molecule has 3 saturated carbocycles. The minimum Gasteiger partial charge on any atom is -0.310 e. The normalized spacial score (nSPS) is 39.0. The van der Waals surface area contributed by atoms with E-state index < -0.39 is 0 Å². The van der Waals surface area contributed by atoms with Crippen LogP contribution in [0.3, 0.4) is 0 Å². The summed E-state index contributed by atoms with van der Waals surface area (Å²) in [7, 11) is 0. The lowest BCUT2D eigenvalue weighted by Gasteiger charge is -2.42.